The highest BCUT2D eigenvalue weighted by Gasteiger charge is 2.31. The Hall–Kier alpha value is -1.17. The normalized spacial score (nSPS) is 21.5. The van der Waals surface area contributed by atoms with E-state index in [0.717, 1.165) is 0 Å². The molecule has 1 unspecified atom stereocenters. The molecule has 6 heteroatoms. The average molecular weight is 222 g/mol. The van der Waals surface area contributed by atoms with E-state index in [1.54, 1.807) is 6.92 Å². The van der Waals surface area contributed by atoms with E-state index in [9.17, 15) is 13.6 Å². The van der Waals surface area contributed by atoms with Crippen LogP contribution in [-0.2, 0) is 14.3 Å². The lowest BCUT2D eigenvalue weighted by Crippen LogP contribution is -2.25. The van der Waals surface area contributed by atoms with Crippen LogP contribution in [0.25, 0.3) is 0 Å². The Morgan fingerprint density at radius 1 is 1.73 bits per heavy atom. The first-order chi connectivity index (χ1) is 7.06. The predicted octanol–water partition coefficient (Wildman–Crippen LogP) is 1.20. The van der Waals surface area contributed by atoms with Gasteiger partial charge < -0.3 is 14.6 Å². The minimum Gasteiger partial charge on any atom is -0.463 e. The molecular formula is C9H12F2O4. The number of aliphatic hydroxyl groups is 1. The molecule has 1 N–H and O–H groups in total. The fourth-order valence-corrected chi connectivity index (χ4v) is 1.27. The summed E-state index contributed by atoms with van der Waals surface area (Å²) in [5.41, 5.74) is -0.183. The number of halogens is 2. The Labute approximate surface area is 85.5 Å². The quantitative estimate of drug-likeness (QED) is 0.729. The maximum absolute atomic E-state index is 12.4. The largest absolute Gasteiger partial charge is 0.463 e. The predicted molar refractivity (Wildman–Crippen MR) is 46.0 cm³/mol. The number of carbonyl (C=O) groups is 1. The molecule has 1 heterocycles. The molecule has 0 aliphatic carbocycles. The van der Waals surface area contributed by atoms with Crippen molar-refractivity contribution in [3.8, 4) is 0 Å². The van der Waals surface area contributed by atoms with Gasteiger partial charge in [-0.05, 0) is 13.3 Å². The third-order valence-corrected chi connectivity index (χ3v) is 1.92. The number of carbonyl (C=O) groups excluding carboxylic acids is 1. The highest BCUT2D eigenvalue weighted by molar-refractivity contribution is 5.89. The van der Waals surface area contributed by atoms with Gasteiger partial charge in [0.05, 0.1) is 12.2 Å². The van der Waals surface area contributed by atoms with Crippen LogP contribution < -0.4 is 0 Å². The molecule has 0 bridgehead atoms. The lowest BCUT2D eigenvalue weighted by atomic mass is 10.1. The van der Waals surface area contributed by atoms with Gasteiger partial charge in [0, 0.05) is 6.42 Å². The van der Waals surface area contributed by atoms with Crippen LogP contribution in [0.15, 0.2) is 11.3 Å². The summed E-state index contributed by atoms with van der Waals surface area (Å²) in [5, 5.41) is 9.02. The first-order valence-corrected chi connectivity index (χ1v) is 4.59. The smallest absolute Gasteiger partial charge is 0.337 e. The van der Waals surface area contributed by atoms with Crippen LogP contribution in [0, 0.1) is 0 Å². The van der Waals surface area contributed by atoms with Gasteiger partial charge >= 0.3 is 5.97 Å². The van der Waals surface area contributed by atoms with Crippen LogP contribution in [0.5, 0.6) is 0 Å². The standard InChI is InChI=1S/C9H12F2O4/c1-2-14-9(13)5-3-4-6(12)15-7(5)8(10)11/h6,8,12H,2-4H2,1H3. The van der Waals surface area contributed by atoms with Crippen molar-refractivity contribution >= 4 is 5.97 Å². The molecule has 15 heavy (non-hydrogen) atoms. The van der Waals surface area contributed by atoms with E-state index >= 15 is 0 Å². The second-order valence-corrected chi connectivity index (χ2v) is 2.98. The Kier molecular flexibility index (Phi) is 4.02. The van der Waals surface area contributed by atoms with Crippen LogP contribution in [0.2, 0.25) is 0 Å². The molecule has 1 aliphatic rings. The summed E-state index contributed by atoms with van der Waals surface area (Å²) in [5.74, 6) is -1.58. The Balaban J connectivity index is 2.88. The molecular weight excluding hydrogens is 210 g/mol. The highest BCUT2D eigenvalue weighted by atomic mass is 19.3. The van der Waals surface area contributed by atoms with E-state index < -0.39 is 24.4 Å². The molecule has 0 aromatic heterocycles. The average Bonchev–Trinajstić information content (AvgIpc) is 2.17. The molecule has 0 saturated carbocycles. The fourth-order valence-electron chi connectivity index (χ4n) is 1.27. The Morgan fingerprint density at radius 2 is 2.40 bits per heavy atom. The number of hydrogen-bond donors (Lipinski definition) is 1. The molecule has 0 aromatic rings. The van der Waals surface area contributed by atoms with Crippen molar-refractivity contribution in [3.05, 3.63) is 11.3 Å². The zero-order valence-electron chi connectivity index (χ0n) is 8.20. The van der Waals surface area contributed by atoms with Gasteiger partial charge in [-0.15, -0.1) is 0 Å². The number of allylic oxidation sites excluding steroid dienone is 1. The number of rotatable bonds is 3. The summed E-state index contributed by atoms with van der Waals surface area (Å²) in [6, 6.07) is 0. The molecule has 0 aromatic carbocycles. The molecule has 86 valence electrons. The molecule has 0 spiro atoms. The third-order valence-electron chi connectivity index (χ3n) is 1.92. The van der Waals surface area contributed by atoms with E-state index in [2.05, 4.69) is 9.47 Å². The van der Waals surface area contributed by atoms with Gasteiger partial charge in [0.25, 0.3) is 6.43 Å². The number of alkyl halides is 2. The van der Waals surface area contributed by atoms with Gasteiger partial charge in [0.1, 0.15) is 0 Å². The summed E-state index contributed by atoms with van der Waals surface area (Å²) in [6.45, 7) is 1.69. The minimum absolute atomic E-state index is 0.0413. The van der Waals surface area contributed by atoms with Crippen molar-refractivity contribution in [1.82, 2.24) is 0 Å². The molecule has 1 atom stereocenters. The zero-order chi connectivity index (χ0) is 11.4. The van der Waals surface area contributed by atoms with E-state index in [4.69, 9.17) is 5.11 Å². The van der Waals surface area contributed by atoms with E-state index in [0.29, 0.717) is 0 Å². The molecule has 1 aliphatic heterocycles. The second-order valence-electron chi connectivity index (χ2n) is 2.98. The maximum Gasteiger partial charge on any atom is 0.337 e. The number of esters is 1. The zero-order valence-corrected chi connectivity index (χ0v) is 8.20. The molecule has 0 amide bonds. The molecule has 0 radical (unpaired) electrons. The minimum atomic E-state index is -2.92. The summed E-state index contributed by atoms with van der Waals surface area (Å²) < 4.78 is 34.0. The summed E-state index contributed by atoms with van der Waals surface area (Å²) in [4.78, 5) is 11.2. The van der Waals surface area contributed by atoms with Crippen molar-refractivity contribution in [3.63, 3.8) is 0 Å². The van der Waals surface area contributed by atoms with Crippen molar-refractivity contribution in [2.24, 2.45) is 0 Å². The van der Waals surface area contributed by atoms with Crippen molar-refractivity contribution in [2.45, 2.75) is 32.5 Å². The van der Waals surface area contributed by atoms with Gasteiger partial charge in [-0.1, -0.05) is 0 Å². The van der Waals surface area contributed by atoms with Gasteiger partial charge in [-0.25, -0.2) is 13.6 Å². The lowest BCUT2D eigenvalue weighted by molar-refractivity contribution is -0.142. The Bertz CT molecular complexity index is 275. The van der Waals surface area contributed by atoms with Gasteiger partial charge in [-0.3, -0.25) is 0 Å². The number of aliphatic hydroxyl groups excluding tert-OH is 1. The van der Waals surface area contributed by atoms with E-state index in [1.807, 2.05) is 0 Å². The molecule has 4 nitrogen and oxygen atoms in total. The van der Waals surface area contributed by atoms with Gasteiger partial charge in [0.15, 0.2) is 12.0 Å². The van der Waals surface area contributed by atoms with E-state index in [1.165, 1.54) is 0 Å². The topological polar surface area (TPSA) is 55.8 Å². The number of ether oxygens (including phenoxy) is 2. The van der Waals surface area contributed by atoms with Crippen molar-refractivity contribution in [2.75, 3.05) is 6.61 Å². The SMILES string of the molecule is CCOC(=O)C1=C(C(F)F)OC(O)CC1. The van der Waals surface area contributed by atoms with Crippen LogP contribution in [0.1, 0.15) is 19.8 Å². The first kappa shape index (κ1) is 11.9. The summed E-state index contributed by atoms with van der Waals surface area (Å²) in [6.07, 6.45) is -4.03. The Morgan fingerprint density at radius 3 is 2.93 bits per heavy atom. The second kappa shape index (κ2) is 5.06. The van der Waals surface area contributed by atoms with E-state index in [-0.39, 0.29) is 25.0 Å². The van der Waals surface area contributed by atoms with Crippen LogP contribution >= 0.6 is 0 Å². The summed E-state index contributed by atoms with van der Waals surface area (Å²) in [7, 11) is 0. The monoisotopic (exact) mass is 222 g/mol. The lowest BCUT2D eigenvalue weighted by Gasteiger charge is -2.23. The molecule has 0 fully saturated rings. The third kappa shape index (κ3) is 2.89. The fraction of sp³-hybridized carbons (Fsp3) is 0.667. The van der Waals surface area contributed by atoms with Crippen molar-refractivity contribution in [1.29, 1.82) is 0 Å². The van der Waals surface area contributed by atoms with Gasteiger partial charge in [-0.2, -0.15) is 0 Å². The van der Waals surface area contributed by atoms with Crippen LogP contribution in [0.4, 0.5) is 8.78 Å². The van der Waals surface area contributed by atoms with Gasteiger partial charge in [0.2, 0.25) is 0 Å². The highest BCUT2D eigenvalue weighted by Crippen LogP contribution is 2.27. The summed E-state index contributed by atoms with van der Waals surface area (Å²) >= 11 is 0. The van der Waals surface area contributed by atoms with Crippen LogP contribution in [-0.4, -0.2) is 30.4 Å². The van der Waals surface area contributed by atoms with Crippen molar-refractivity contribution < 1.29 is 28.2 Å². The number of hydrogen-bond acceptors (Lipinski definition) is 4. The van der Waals surface area contributed by atoms with Crippen LogP contribution in [0.3, 0.4) is 0 Å². The molecule has 1 rings (SSSR count). The molecule has 0 saturated heterocycles. The maximum atomic E-state index is 12.4. The first-order valence-electron chi connectivity index (χ1n) is 4.59.